The lowest BCUT2D eigenvalue weighted by molar-refractivity contribution is 0.0625. The van der Waals surface area contributed by atoms with E-state index in [4.69, 9.17) is 0 Å². The third-order valence-corrected chi connectivity index (χ3v) is 3.94. The molecule has 88 valence electrons. The highest BCUT2D eigenvalue weighted by Crippen LogP contribution is 2.31. The van der Waals surface area contributed by atoms with E-state index >= 15 is 0 Å². The summed E-state index contributed by atoms with van der Waals surface area (Å²) in [7, 11) is 0. The monoisotopic (exact) mass is 211 g/mol. The summed E-state index contributed by atoms with van der Waals surface area (Å²) in [5.41, 5.74) is 0. The molecular formula is C13H25NO. The maximum Gasteiger partial charge on any atom is 0.0695 e. The Kier molecular flexibility index (Phi) is 4.04. The first-order valence-electron chi connectivity index (χ1n) is 6.73. The van der Waals surface area contributed by atoms with E-state index in [2.05, 4.69) is 11.8 Å². The molecule has 1 atom stereocenters. The van der Waals surface area contributed by atoms with Gasteiger partial charge in [0.2, 0.25) is 0 Å². The summed E-state index contributed by atoms with van der Waals surface area (Å²) in [6.07, 6.45) is 9.05. The Bertz CT molecular complexity index is 185. The first kappa shape index (κ1) is 11.4. The standard InChI is InChI=1S/C13H25NO/c1-2-9-14(12-7-8-12)10-13(15)11-5-3-4-6-11/h11-13,15H,2-10H2,1H3. The first-order chi connectivity index (χ1) is 7.31. The summed E-state index contributed by atoms with van der Waals surface area (Å²) in [4.78, 5) is 2.52. The lowest BCUT2D eigenvalue weighted by Gasteiger charge is -2.27. The molecule has 2 aliphatic carbocycles. The topological polar surface area (TPSA) is 23.5 Å². The SMILES string of the molecule is CCCN(CC(O)C1CCCC1)C1CC1. The van der Waals surface area contributed by atoms with Gasteiger partial charge in [0.05, 0.1) is 6.10 Å². The van der Waals surface area contributed by atoms with Crippen molar-refractivity contribution >= 4 is 0 Å². The van der Waals surface area contributed by atoms with Gasteiger partial charge >= 0.3 is 0 Å². The van der Waals surface area contributed by atoms with Gasteiger partial charge in [0.1, 0.15) is 0 Å². The van der Waals surface area contributed by atoms with Crippen LogP contribution in [0.1, 0.15) is 51.9 Å². The number of nitrogens with zero attached hydrogens (tertiary/aromatic N) is 1. The molecule has 1 unspecified atom stereocenters. The van der Waals surface area contributed by atoms with Crippen LogP contribution in [0.5, 0.6) is 0 Å². The zero-order valence-corrected chi connectivity index (χ0v) is 9.99. The molecule has 0 bridgehead atoms. The van der Waals surface area contributed by atoms with E-state index in [1.165, 1.54) is 51.5 Å². The van der Waals surface area contributed by atoms with E-state index in [1.54, 1.807) is 0 Å². The molecule has 0 heterocycles. The molecule has 2 heteroatoms. The van der Waals surface area contributed by atoms with Crippen LogP contribution in [0.15, 0.2) is 0 Å². The predicted octanol–water partition coefficient (Wildman–Crippen LogP) is 2.41. The van der Waals surface area contributed by atoms with Crippen LogP contribution < -0.4 is 0 Å². The Labute approximate surface area is 93.7 Å². The Hall–Kier alpha value is -0.0800. The Morgan fingerprint density at radius 3 is 2.40 bits per heavy atom. The van der Waals surface area contributed by atoms with Crippen molar-refractivity contribution in [1.29, 1.82) is 0 Å². The first-order valence-corrected chi connectivity index (χ1v) is 6.73. The zero-order chi connectivity index (χ0) is 10.7. The van der Waals surface area contributed by atoms with Gasteiger partial charge in [-0.05, 0) is 44.6 Å². The molecular weight excluding hydrogens is 186 g/mol. The van der Waals surface area contributed by atoms with Gasteiger partial charge in [-0.3, -0.25) is 4.90 Å². The van der Waals surface area contributed by atoms with E-state index in [9.17, 15) is 5.11 Å². The fourth-order valence-electron chi connectivity index (χ4n) is 2.88. The van der Waals surface area contributed by atoms with E-state index in [0.717, 1.165) is 12.6 Å². The average molecular weight is 211 g/mol. The second-order valence-electron chi connectivity index (χ2n) is 5.34. The normalized spacial score (nSPS) is 25.0. The lowest BCUT2D eigenvalue weighted by atomic mass is 10.0. The van der Waals surface area contributed by atoms with Crippen molar-refractivity contribution in [2.24, 2.45) is 5.92 Å². The molecule has 0 radical (unpaired) electrons. The molecule has 2 aliphatic rings. The van der Waals surface area contributed by atoms with Crippen molar-refractivity contribution in [3.8, 4) is 0 Å². The number of aliphatic hydroxyl groups excluding tert-OH is 1. The van der Waals surface area contributed by atoms with Crippen molar-refractivity contribution in [2.75, 3.05) is 13.1 Å². The summed E-state index contributed by atoms with van der Waals surface area (Å²) >= 11 is 0. The zero-order valence-electron chi connectivity index (χ0n) is 9.99. The van der Waals surface area contributed by atoms with Gasteiger partial charge in [0.15, 0.2) is 0 Å². The highest BCUT2D eigenvalue weighted by molar-refractivity contribution is 4.87. The van der Waals surface area contributed by atoms with Crippen LogP contribution in [-0.4, -0.2) is 35.2 Å². The van der Waals surface area contributed by atoms with Crippen molar-refractivity contribution < 1.29 is 5.11 Å². The van der Waals surface area contributed by atoms with Crippen LogP contribution in [0.25, 0.3) is 0 Å². The maximum absolute atomic E-state index is 10.2. The number of hydrogen-bond acceptors (Lipinski definition) is 2. The molecule has 0 amide bonds. The third-order valence-electron chi connectivity index (χ3n) is 3.94. The van der Waals surface area contributed by atoms with Crippen molar-refractivity contribution in [2.45, 2.75) is 64.0 Å². The molecule has 0 aliphatic heterocycles. The maximum atomic E-state index is 10.2. The molecule has 2 nitrogen and oxygen atoms in total. The molecule has 0 spiro atoms. The summed E-state index contributed by atoms with van der Waals surface area (Å²) in [5.74, 6) is 0.600. The highest BCUT2D eigenvalue weighted by Gasteiger charge is 2.32. The Balaban J connectivity index is 1.76. The summed E-state index contributed by atoms with van der Waals surface area (Å²) in [6.45, 7) is 4.34. The molecule has 0 aromatic rings. The summed E-state index contributed by atoms with van der Waals surface area (Å²) in [5, 5.41) is 10.2. The second-order valence-corrected chi connectivity index (χ2v) is 5.34. The van der Waals surface area contributed by atoms with Crippen LogP contribution in [0.4, 0.5) is 0 Å². The molecule has 2 rings (SSSR count). The smallest absolute Gasteiger partial charge is 0.0695 e. The van der Waals surface area contributed by atoms with Gasteiger partial charge in [-0.25, -0.2) is 0 Å². The van der Waals surface area contributed by atoms with Gasteiger partial charge in [0.25, 0.3) is 0 Å². The summed E-state index contributed by atoms with van der Waals surface area (Å²) < 4.78 is 0. The van der Waals surface area contributed by atoms with Gasteiger partial charge < -0.3 is 5.11 Å². The Morgan fingerprint density at radius 2 is 1.87 bits per heavy atom. The predicted molar refractivity (Wildman–Crippen MR) is 62.9 cm³/mol. The Morgan fingerprint density at radius 1 is 1.20 bits per heavy atom. The number of hydrogen-bond donors (Lipinski definition) is 1. The van der Waals surface area contributed by atoms with Gasteiger partial charge in [-0.1, -0.05) is 19.8 Å². The highest BCUT2D eigenvalue weighted by atomic mass is 16.3. The van der Waals surface area contributed by atoms with E-state index < -0.39 is 0 Å². The molecule has 0 saturated heterocycles. The lowest BCUT2D eigenvalue weighted by Crippen LogP contribution is -2.37. The van der Waals surface area contributed by atoms with Crippen LogP contribution in [0.3, 0.4) is 0 Å². The van der Waals surface area contributed by atoms with Gasteiger partial charge in [-0.2, -0.15) is 0 Å². The fraction of sp³-hybridized carbons (Fsp3) is 1.00. The minimum absolute atomic E-state index is 0.0559. The van der Waals surface area contributed by atoms with Gasteiger partial charge in [0, 0.05) is 12.6 Å². The number of aliphatic hydroxyl groups is 1. The van der Waals surface area contributed by atoms with Crippen LogP contribution in [0.2, 0.25) is 0 Å². The van der Waals surface area contributed by atoms with Crippen molar-refractivity contribution in [1.82, 2.24) is 4.90 Å². The molecule has 15 heavy (non-hydrogen) atoms. The van der Waals surface area contributed by atoms with E-state index in [1.807, 2.05) is 0 Å². The quantitative estimate of drug-likeness (QED) is 0.729. The average Bonchev–Trinajstić information content (AvgIpc) is 2.92. The van der Waals surface area contributed by atoms with Crippen LogP contribution in [-0.2, 0) is 0 Å². The van der Waals surface area contributed by atoms with E-state index in [0.29, 0.717) is 5.92 Å². The van der Waals surface area contributed by atoms with Crippen LogP contribution in [0, 0.1) is 5.92 Å². The van der Waals surface area contributed by atoms with E-state index in [-0.39, 0.29) is 6.10 Å². The molecule has 0 aromatic heterocycles. The molecule has 0 aromatic carbocycles. The van der Waals surface area contributed by atoms with Gasteiger partial charge in [-0.15, -0.1) is 0 Å². The van der Waals surface area contributed by atoms with Crippen molar-refractivity contribution in [3.63, 3.8) is 0 Å². The molecule has 1 N–H and O–H groups in total. The molecule has 2 fully saturated rings. The largest absolute Gasteiger partial charge is 0.392 e. The fourth-order valence-corrected chi connectivity index (χ4v) is 2.88. The number of rotatable bonds is 6. The third kappa shape index (κ3) is 3.18. The minimum Gasteiger partial charge on any atom is -0.392 e. The second kappa shape index (κ2) is 5.31. The minimum atomic E-state index is -0.0559. The van der Waals surface area contributed by atoms with Crippen LogP contribution >= 0.6 is 0 Å². The van der Waals surface area contributed by atoms with Crippen molar-refractivity contribution in [3.05, 3.63) is 0 Å². The summed E-state index contributed by atoms with van der Waals surface area (Å²) in [6, 6.07) is 0.806. The molecule has 2 saturated carbocycles.